The van der Waals surface area contributed by atoms with Crippen molar-refractivity contribution in [3.05, 3.63) is 28.7 Å². The second-order valence-corrected chi connectivity index (χ2v) is 6.13. The molecular formula is C11H18N2O3S. The maximum atomic E-state index is 12.2. The number of hydrogen-bond acceptors (Lipinski definition) is 3. The highest BCUT2D eigenvalue weighted by molar-refractivity contribution is 7.89. The molecule has 0 unspecified atom stereocenters. The van der Waals surface area contributed by atoms with Crippen molar-refractivity contribution in [3.8, 4) is 0 Å². The molecule has 17 heavy (non-hydrogen) atoms. The van der Waals surface area contributed by atoms with Gasteiger partial charge in [-0.1, -0.05) is 20.8 Å². The summed E-state index contributed by atoms with van der Waals surface area (Å²) >= 11 is 0. The fourth-order valence-electron chi connectivity index (χ4n) is 1.55. The molecule has 0 aliphatic heterocycles. The molecule has 0 aliphatic rings. The molecule has 0 aromatic carbocycles. The van der Waals surface area contributed by atoms with Gasteiger partial charge in [-0.3, -0.25) is 4.79 Å². The van der Waals surface area contributed by atoms with Crippen molar-refractivity contribution in [3.63, 3.8) is 0 Å². The Bertz CT molecular complexity index is 520. The average Bonchev–Trinajstić information content (AvgIpc) is 2.25. The number of nitrogens with one attached hydrogen (secondary N) is 1. The van der Waals surface area contributed by atoms with E-state index in [9.17, 15) is 13.2 Å². The lowest BCUT2D eigenvalue weighted by Crippen LogP contribution is -2.36. The van der Waals surface area contributed by atoms with Crippen LogP contribution in [0, 0.1) is 5.92 Å². The number of nitrogens with zero attached hydrogens (tertiary/aromatic N) is 1. The minimum atomic E-state index is -3.69. The molecule has 1 rings (SSSR count). The quantitative estimate of drug-likeness (QED) is 0.858. The molecule has 1 aromatic heterocycles. The standard InChI is InChI=1S/C11H18N2O3S/c1-4-13(8-9(2)3)17(15,16)11-7-12-6-5-10(11)14/h5-7,9H,4,8H2,1-3H3,(H,12,14). The van der Waals surface area contributed by atoms with Crippen LogP contribution < -0.4 is 5.43 Å². The molecule has 0 amide bonds. The lowest BCUT2D eigenvalue weighted by atomic mass is 10.2. The summed E-state index contributed by atoms with van der Waals surface area (Å²) in [4.78, 5) is 14.0. The van der Waals surface area contributed by atoms with Gasteiger partial charge in [-0.25, -0.2) is 8.42 Å². The van der Waals surface area contributed by atoms with Crippen LogP contribution >= 0.6 is 0 Å². The Balaban J connectivity index is 3.18. The molecule has 0 atom stereocenters. The lowest BCUT2D eigenvalue weighted by Gasteiger charge is -2.21. The Hall–Kier alpha value is -1.14. The molecule has 96 valence electrons. The number of sulfonamides is 1. The van der Waals surface area contributed by atoms with Crippen LogP contribution in [0.1, 0.15) is 20.8 Å². The van der Waals surface area contributed by atoms with Gasteiger partial charge in [0.05, 0.1) is 0 Å². The van der Waals surface area contributed by atoms with Crippen LogP contribution in [-0.4, -0.2) is 30.8 Å². The summed E-state index contributed by atoms with van der Waals surface area (Å²) in [6.07, 6.45) is 2.65. The molecule has 1 aromatic rings. The van der Waals surface area contributed by atoms with Crippen LogP contribution in [0.2, 0.25) is 0 Å². The second kappa shape index (κ2) is 5.46. The zero-order valence-electron chi connectivity index (χ0n) is 10.3. The van der Waals surface area contributed by atoms with Crippen molar-refractivity contribution in [1.82, 2.24) is 9.29 Å². The van der Waals surface area contributed by atoms with Crippen molar-refractivity contribution in [2.24, 2.45) is 5.92 Å². The van der Waals surface area contributed by atoms with Crippen LogP contribution in [0.3, 0.4) is 0 Å². The van der Waals surface area contributed by atoms with Crippen molar-refractivity contribution in [1.29, 1.82) is 0 Å². The first kappa shape index (κ1) is 13.9. The predicted molar refractivity (Wildman–Crippen MR) is 66.3 cm³/mol. The molecule has 5 nitrogen and oxygen atoms in total. The van der Waals surface area contributed by atoms with Crippen molar-refractivity contribution < 1.29 is 8.42 Å². The number of H-pyrrole nitrogens is 1. The molecular weight excluding hydrogens is 240 g/mol. The van der Waals surface area contributed by atoms with Gasteiger partial charge in [0.25, 0.3) is 0 Å². The maximum Gasteiger partial charge on any atom is 0.248 e. The van der Waals surface area contributed by atoms with Gasteiger partial charge in [-0.05, 0) is 5.92 Å². The molecule has 0 spiro atoms. The van der Waals surface area contributed by atoms with Gasteiger partial charge in [0.15, 0.2) is 0 Å². The topological polar surface area (TPSA) is 70.2 Å². The summed E-state index contributed by atoms with van der Waals surface area (Å²) in [5, 5.41) is 0. The number of pyridine rings is 1. The Morgan fingerprint density at radius 2 is 2.06 bits per heavy atom. The molecule has 0 saturated carbocycles. The van der Waals surface area contributed by atoms with Crippen LogP contribution in [0.4, 0.5) is 0 Å². The Morgan fingerprint density at radius 3 is 2.53 bits per heavy atom. The first-order chi connectivity index (χ1) is 7.89. The Labute approximate surface area is 102 Å². The van der Waals surface area contributed by atoms with Crippen LogP contribution in [0.15, 0.2) is 28.2 Å². The maximum absolute atomic E-state index is 12.2. The van der Waals surface area contributed by atoms with Gasteiger partial charge in [0, 0.05) is 31.5 Å². The van der Waals surface area contributed by atoms with Crippen LogP contribution in [-0.2, 0) is 10.0 Å². The first-order valence-electron chi connectivity index (χ1n) is 5.56. The minimum absolute atomic E-state index is 0.192. The fourth-order valence-corrected chi connectivity index (χ4v) is 3.20. The monoisotopic (exact) mass is 258 g/mol. The molecule has 0 saturated heterocycles. The summed E-state index contributed by atoms with van der Waals surface area (Å²) in [6, 6.07) is 1.22. The summed E-state index contributed by atoms with van der Waals surface area (Å²) < 4.78 is 25.8. The van der Waals surface area contributed by atoms with Crippen molar-refractivity contribution >= 4 is 10.0 Å². The van der Waals surface area contributed by atoms with E-state index in [2.05, 4.69) is 4.98 Å². The second-order valence-electron chi connectivity index (χ2n) is 4.22. The smallest absolute Gasteiger partial charge is 0.248 e. The SMILES string of the molecule is CCN(CC(C)C)S(=O)(=O)c1c[nH]ccc1=O. The third-order valence-corrected chi connectivity index (χ3v) is 4.29. The van der Waals surface area contributed by atoms with Gasteiger partial charge in [-0.2, -0.15) is 4.31 Å². The normalized spacial score (nSPS) is 12.3. The van der Waals surface area contributed by atoms with E-state index in [-0.39, 0.29) is 10.8 Å². The molecule has 6 heteroatoms. The zero-order valence-corrected chi connectivity index (χ0v) is 11.1. The summed E-state index contributed by atoms with van der Waals surface area (Å²) in [6.45, 7) is 6.40. The lowest BCUT2D eigenvalue weighted by molar-refractivity contribution is 0.380. The van der Waals surface area contributed by atoms with E-state index in [1.807, 2.05) is 13.8 Å². The van der Waals surface area contributed by atoms with E-state index in [0.29, 0.717) is 13.1 Å². The highest BCUT2D eigenvalue weighted by atomic mass is 32.2. The van der Waals surface area contributed by atoms with E-state index in [1.165, 1.54) is 22.8 Å². The summed E-state index contributed by atoms with van der Waals surface area (Å²) in [5.74, 6) is 0.215. The van der Waals surface area contributed by atoms with Crippen molar-refractivity contribution in [2.75, 3.05) is 13.1 Å². The molecule has 0 fully saturated rings. The zero-order chi connectivity index (χ0) is 13.1. The molecule has 0 radical (unpaired) electrons. The van der Waals surface area contributed by atoms with Crippen LogP contribution in [0.5, 0.6) is 0 Å². The van der Waals surface area contributed by atoms with Gasteiger partial charge in [0.1, 0.15) is 4.90 Å². The summed E-state index contributed by atoms with van der Waals surface area (Å²) in [7, 11) is -3.69. The Morgan fingerprint density at radius 1 is 1.41 bits per heavy atom. The van der Waals surface area contributed by atoms with Gasteiger partial charge in [-0.15, -0.1) is 0 Å². The fraction of sp³-hybridized carbons (Fsp3) is 0.545. The van der Waals surface area contributed by atoms with E-state index in [4.69, 9.17) is 0 Å². The predicted octanol–water partition coefficient (Wildman–Crippen LogP) is 1.04. The third-order valence-electron chi connectivity index (χ3n) is 2.33. The van der Waals surface area contributed by atoms with Gasteiger partial charge >= 0.3 is 0 Å². The average molecular weight is 258 g/mol. The molecule has 1 N–H and O–H groups in total. The third kappa shape index (κ3) is 3.17. The van der Waals surface area contributed by atoms with E-state index in [1.54, 1.807) is 6.92 Å². The molecule has 0 aliphatic carbocycles. The number of aromatic amines is 1. The number of aromatic nitrogens is 1. The summed E-state index contributed by atoms with van der Waals surface area (Å²) in [5.41, 5.74) is -0.481. The number of rotatable bonds is 5. The molecule has 0 bridgehead atoms. The largest absolute Gasteiger partial charge is 0.366 e. The van der Waals surface area contributed by atoms with E-state index >= 15 is 0 Å². The first-order valence-corrected chi connectivity index (χ1v) is 7.00. The van der Waals surface area contributed by atoms with E-state index in [0.717, 1.165) is 0 Å². The van der Waals surface area contributed by atoms with E-state index < -0.39 is 15.5 Å². The molecule has 1 heterocycles. The highest BCUT2D eigenvalue weighted by Gasteiger charge is 2.25. The van der Waals surface area contributed by atoms with Gasteiger partial charge in [0.2, 0.25) is 15.5 Å². The number of hydrogen-bond donors (Lipinski definition) is 1. The Kier molecular flexibility index (Phi) is 4.47. The van der Waals surface area contributed by atoms with Crippen LogP contribution in [0.25, 0.3) is 0 Å². The highest BCUT2D eigenvalue weighted by Crippen LogP contribution is 2.12. The minimum Gasteiger partial charge on any atom is -0.366 e. The van der Waals surface area contributed by atoms with Crippen molar-refractivity contribution in [2.45, 2.75) is 25.7 Å². The van der Waals surface area contributed by atoms with Gasteiger partial charge < -0.3 is 4.98 Å².